The molecule has 5 heteroatoms. The number of pyridine rings is 1. The lowest BCUT2D eigenvalue weighted by molar-refractivity contribution is 0.300. The molecule has 0 saturated carbocycles. The minimum absolute atomic E-state index is 0.453. The zero-order chi connectivity index (χ0) is 11.9. The Balaban J connectivity index is 1.76. The maximum atomic E-state index is 5.66. The molecule has 2 aromatic heterocycles. The molecule has 0 aliphatic carbocycles. The maximum Gasteiger partial charge on any atom is 0.240 e. The summed E-state index contributed by atoms with van der Waals surface area (Å²) in [7, 11) is 0. The lowest BCUT2D eigenvalue weighted by atomic mass is 10.1. The first-order valence-electron chi connectivity index (χ1n) is 5.43. The SMILES string of the molecule is Nc1cncnc1OCCCc1ccncc1. The Hall–Kier alpha value is -2.17. The average Bonchev–Trinajstić information content (AvgIpc) is 2.38. The number of nitrogens with two attached hydrogens (primary N) is 1. The number of nitrogens with zero attached hydrogens (tertiary/aromatic N) is 3. The van der Waals surface area contributed by atoms with E-state index in [2.05, 4.69) is 15.0 Å². The zero-order valence-corrected chi connectivity index (χ0v) is 9.41. The van der Waals surface area contributed by atoms with E-state index in [4.69, 9.17) is 10.5 Å². The monoisotopic (exact) mass is 230 g/mol. The second kappa shape index (κ2) is 5.79. The zero-order valence-electron chi connectivity index (χ0n) is 9.41. The van der Waals surface area contributed by atoms with Gasteiger partial charge in [0, 0.05) is 12.4 Å². The van der Waals surface area contributed by atoms with Crippen molar-refractivity contribution in [2.24, 2.45) is 0 Å². The molecule has 0 unspecified atom stereocenters. The number of anilines is 1. The van der Waals surface area contributed by atoms with Gasteiger partial charge in [0.2, 0.25) is 5.88 Å². The molecule has 2 rings (SSSR count). The van der Waals surface area contributed by atoms with Crippen molar-refractivity contribution in [2.45, 2.75) is 12.8 Å². The van der Waals surface area contributed by atoms with Crippen molar-refractivity contribution >= 4 is 5.69 Å². The van der Waals surface area contributed by atoms with Gasteiger partial charge in [0.1, 0.15) is 12.0 Å². The van der Waals surface area contributed by atoms with Crippen molar-refractivity contribution < 1.29 is 4.74 Å². The van der Waals surface area contributed by atoms with Crippen molar-refractivity contribution in [3.05, 3.63) is 42.6 Å². The molecule has 0 radical (unpaired) electrons. The van der Waals surface area contributed by atoms with Crippen LogP contribution < -0.4 is 10.5 Å². The number of hydrogen-bond donors (Lipinski definition) is 1. The highest BCUT2D eigenvalue weighted by molar-refractivity contribution is 5.44. The van der Waals surface area contributed by atoms with E-state index in [9.17, 15) is 0 Å². The third kappa shape index (κ3) is 3.41. The van der Waals surface area contributed by atoms with Crippen LogP contribution in [0, 0.1) is 0 Å². The molecule has 0 bridgehead atoms. The highest BCUT2D eigenvalue weighted by Gasteiger charge is 2.00. The van der Waals surface area contributed by atoms with Gasteiger partial charge in [0.25, 0.3) is 0 Å². The van der Waals surface area contributed by atoms with Crippen LogP contribution in [0.5, 0.6) is 5.88 Å². The standard InChI is InChI=1S/C12H14N4O/c13-11-8-15-9-16-12(11)17-7-1-2-10-3-5-14-6-4-10/h3-6,8-9H,1-2,7,13H2. The summed E-state index contributed by atoms with van der Waals surface area (Å²) in [4.78, 5) is 11.7. The van der Waals surface area contributed by atoms with Gasteiger partial charge in [-0.15, -0.1) is 0 Å². The van der Waals surface area contributed by atoms with Crippen LogP contribution >= 0.6 is 0 Å². The summed E-state index contributed by atoms with van der Waals surface area (Å²) in [6.07, 6.45) is 8.40. The molecule has 0 aliphatic heterocycles. The molecule has 2 N–H and O–H groups in total. The Bertz CT molecular complexity index is 461. The molecule has 0 aromatic carbocycles. The first-order chi connectivity index (χ1) is 8.36. The molecular formula is C12H14N4O. The number of ether oxygens (including phenoxy) is 1. The predicted octanol–water partition coefficient (Wildman–Crippen LogP) is 1.47. The number of hydrogen-bond acceptors (Lipinski definition) is 5. The summed E-state index contributed by atoms with van der Waals surface area (Å²) in [5.74, 6) is 0.453. The van der Waals surface area contributed by atoms with Gasteiger partial charge in [0.15, 0.2) is 0 Å². The Morgan fingerprint density at radius 1 is 1.18 bits per heavy atom. The molecule has 2 heterocycles. The summed E-state index contributed by atoms with van der Waals surface area (Å²) >= 11 is 0. The normalized spacial score (nSPS) is 10.1. The Morgan fingerprint density at radius 2 is 2.00 bits per heavy atom. The second-order valence-corrected chi connectivity index (χ2v) is 3.59. The fourth-order valence-corrected chi connectivity index (χ4v) is 1.44. The third-order valence-corrected chi connectivity index (χ3v) is 2.30. The first kappa shape index (κ1) is 11.3. The summed E-state index contributed by atoms with van der Waals surface area (Å²) in [5.41, 5.74) is 7.37. The molecule has 2 aromatic rings. The van der Waals surface area contributed by atoms with Crippen molar-refractivity contribution in [3.63, 3.8) is 0 Å². The lowest BCUT2D eigenvalue weighted by Crippen LogP contribution is -2.03. The number of aryl methyl sites for hydroxylation is 1. The van der Waals surface area contributed by atoms with Gasteiger partial charge < -0.3 is 10.5 Å². The minimum atomic E-state index is 0.453. The Morgan fingerprint density at radius 3 is 2.76 bits per heavy atom. The molecule has 0 aliphatic rings. The van der Waals surface area contributed by atoms with Crippen molar-refractivity contribution in [1.29, 1.82) is 0 Å². The first-order valence-corrected chi connectivity index (χ1v) is 5.43. The van der Waals surface area contributed by atoms with E-state index >= 15 is 0 Å². The topological polar surface area (TPSA) is 73.9 Å². The van der Waals surface area contributed by atoms with Gasteiger partial charge in [-0.3, -0.25) is 4.98 Å². The Kier molecular flexibility index (Phi) is 3.85. The quantitative estimate of drug-likeness (QED) is 0.787. The van der Waals surface area contributed by atoms with Crippen LogP contribution in [-0.2, 0) is 6.42 Å². The smallest absolute Gasteiger partial charge is 0.240 e. The highest BCUT2D eigenvalue weighted by Crippen LogP contribution is 2.14. The molecule has 0 saturated heterocycles. The van der Waals surface area contributed by atoms with Gasteiger partial charge >= 0.3 is 0 Å². The number of aromatic nitrogens is 3. The highest BCUT2D eigenvalue weighted by atomic mass is 16.5. The van der Waals surface area contributed by atoms with Crippen LogP contribution in [0.2, 0.25) is 0 Å². The molecular weight excluding hydrogens is 216 g/mol. The molecule has 0 atom stereocenters. The van der Waals surface area contributed by atoms with Gasteiger partial charge in [0.05, 0.1) is 12.8 Å². The fourth-order valence-electron chi connectivity index (χ4n) is 1.44. The molecule has 0 spiro atoms. The minimum Gasteiger partial charge on any atom is -0.476 e. The summed E-state index contributed by atoms with van der Waals surface area (Å²) < 4.78 is 5.47. The number of nitrogen functional groups attached to an aromatic ring is 1. The largest absolute Gasteiger partial charge is 0.476 e. The van der Waals surface area contributed by atoms with Crippen LogP contribution in [0.4, 0.5) is 5.69 Å². The summed E-state index contributed by atoms with van der Waals surface area (Å²) in [6, 6.07) is 4.00. The van der Waals surface area contributed by atoms with Crippen molar-refractivity contribution in [2.75, 3.05) is 12.3 Å². The van der Waals surface area contributed by atoms with E-state index in [-0.39, 0.29) is 0 Å². The molecule has 17 heavy (non-hydrogen) atoms. The van der Waals surface area contributed by atoms with Gasteiger partial charge in [-0.05, 0) is 30.5 Å². The summed E-state index contributed by atoms with van der Waals surface area (Å²) in [5, 5.41) is 0. The van der Waals surface area contributed by atoms with Gasteiger partial charge in [-0.1, -0.05) is 0 Å². The van der Waals surface area contributed by atoms with E-state index in [1.54, 1.807) is 12.4 Å². The maximum absolute atomic E-state index is 5.66. The van der Waals surface area contributed by atoms with Crippen LogP contribution in [-0.4, -0.2) is 21.6 Å². The van der Waals surface area contributed by atoms with Crippen molar-refractivity contribution in [3.8, 4) is 5.88 Å². The lowest BCUT2D eigenvalue weighted by Gasteiger charge is -2.06. The van der Waals surface area contributed by atoms with Crippen LogP contribution in [0.15, 0.2) is 37.1 Å². The Labute approximate surface area is 99.7 Å². The average molecular weight is 230 g/mol. The van der Waals surface area contributed by atoms with E-state index in [0.29, 0.717) is 18.2 Å². The fraction of sp³-hybridized carbons (Fsp3) is 0.250. The third-order valence-electron chi connectivity index (χ3n) is 2.30. The predicted molar refractivity (Wildman–Crippen MR) is 64.5 cm³/mol. The number of rotatable bonds is 5. The second-order valence-electron chi connectivity index (χ2n) is 3.59. The van der Waals surface area contributed by atoms with Crippen molar-refractivity contribution in [1.82, 2.24) is 15.0 Å². The summed E-state index contributed by atoms with van der Waals surface area (Å²) in [6.45, 7) is 0.587. The molecule has 88 valence electrons. The van der Waals surface area contributed by atoms with E-state index < -0.39 is 0 Å². The molecule has 0 amide bonds. The van der Waals surface area contributed by atoms with Crippen LogP contribution in [0.3, 0.4) is 0 Å². The van der Waals surface area contributed by atoms with E-state index in [1.165, 1.54) is 18.1 Å². The molecule has 5 nitrogen and oxygen atoms in total. The van der Waals surface area contributed by atoms with Crippen LogP contribution in [0.1, 0.15) is 12.0 Å². The van der Waals surface area contributed by atoms with Gasteiger partial charge in [-0.2, -0.15) is 0 Å². The van der Waals surface area contributed by atoms with Crippen LogP contribution in [0.25, 0.3) is 0 Å². The molecule has 0 fully saturated rings. The van der Waals surface area contributed by atoms with E-state index in [1.807, 2.05) is 12.1 Å². The van der Waals surface area contributed by atoms with E-state index in [0.717, 1.165) is 12.8 Å². The van der Waals surface area contributed by atoms with Gasteiger partial charge in [-0.25, -0.2) is 9.97 Å².